The van der Waals surface area contributed by atoms with Gasteiger partial charge in [-0.15, -0.1) is 0 Å². The highest BCUT2D eigenvalue weighted by molar-refractivity contribution is 6.32. The molecule has 0 aromatic heterocycles. The number of nitriles is 1. The van der Waals surface area contributed by atoms with Crippen molar-refractivity contribution in [3.8, 4) is 11.8 Å². The summed E-state index contributed by atoms with van der Waals surface area (Å²) in [7, 11) is 0. The Kier molecular flexibility index (Phi) is 6.68. The van der Waals surface area contributed by atoms with Crippen molar-refractivity contribution in [1.82, 2.24) is 0 Å². The van der Waals surface area contributed by atoms with Crippen molar-refractivity contribution in [3.05, 3.63) is 94.5 Å². The van der Waals surface area contributed by atoms with Gasteiger partial charge in [0.05, 0.1) is 17.6 Å². The van der Waals surface area contributed by atoms with E-state index < -0.39 is 17.7 Å². The summed E-state index contributed by atoms with van der Waals surface area (Å²) in [6.07, 6.45) is 0. The zero-order valence-electron chi connectivity index (χ0n) is 15.8. The number of para-hydroxylation sites is 1. The van der Waals surface area contributed by atoms with Crippen molar-refractivity contribution in [3.63, 3.8) is 0 Å². The maximum atomic E-state index is 12.7. The summed E-state index contributed by atoms with van der Waals surface area (Å²) in [4.78, 5) is 23.6. The highest BCUT2D eigenvalue weighted by Gasteiger charge is 2.18. The average molecular weight is 420 g/mol. The second kappa shape index (κ2) is 9.59. The fourth-order valence-electron chi connectivity index (χ4n) is 2.94. The molecule has 150 valence electrons. The molecule has 1 atom stereocenters. The first-order chi connectivity index (χ1) is 14.5. The van der Waals surface area contributed by atoms with Crippen molar-refractivity contribution in [2.24, 2.45) is 5.73 Å². The molecule has 2 amide bonds. The van der Waals surface area contributed by atoms with Gasteiger partial charge in [-0.05, 0) is 35.4 Å². The second-order valence-electron chi connectivity index (χ2n) is 6.41. The molecule has 7 heteroatoms. The lowest BCUT2D eigenvalue weighted by Gasteiger charge is -2.14. The normalized spacial score (nSPS) is 11.2. The largest absolute Gasteiger partial charge is 0.483 e. The molecule has 3 aromatic carbocycles. The van der Waals surface area contributed by atoms with Gasteiger partial charge < -0.3 is 15.8 Å². The van der Waals surface area contributed by atoms with Crippen LogP contribution in [0.3, 0.4) is 0 Å². The molecule has 1 unspecified atom stereocenters. The quantitative estimate of drug-likeness (QED) is 0.601. The van der Waals surface area contributed by atoms with E-state index in [1.165, 1.54) is 0 Å². The van der Waals surface area contributed by atoms with Crippen LogP contribution in [0.15, 0.2) is 72.8 Å². The smallest absolute Gasteiger partial charge is 0.259 e. The predicted octanol–water partition coefficient (Wildman–Crippen LogP) is 4.11. The molecule has 30 heavy (non-hydrogen) atoms. The summed E-state index contributed by atoms with van der Waals surface area (Å²) >= 11 is 6.42. The summed E-state index contributed by atoms with van der Waals surface area (Å²) in [6, 6.07) is 23.1. The molecule has 0 aliphatic carbocycles. The van der Waals surface area contributed by atoms with Gasteiger partial charge in [-0.1, -0.05) is 60.1 Å². The molecule has 0 fully saturated rings. The number of carbonyl (C=O) groups is 2. The lowest BCUT2D eigenvalue weighted by Crippen LogP contribution is -2.21. The predicted molar refractivity (Wildman–Crippen MR) is 114 cm³/mol. The number of amides is 2. The molecular weight excluding hydrogens is 402 g/mol. The summed E-state index contributed by atoms with van der Waals surface area (Å²) in [6.45, 7) is -0.333. The molecule has 0 spiro atoms. The number of halogens is 1. The summed E-state index contributed by atoms with van der Waals surface area (Å²) in [5.41, 5.74) is 7.29. The van der Waals surface area contributed by atoms with Gasteiger partial charge >= 0.3 is 0 Å². The number of nitrogens with two attached hydrogens (primary N) is 1. The SMILES string of the molecule is N#CC(c1ccccc1)c1ccc(NC(=O)c2ccccc2OCC(N)=O)cc1Cl. The van der Waals surface area contributed by atoms with Gasteiger partial charge in [0.15, 0.2) is 6.61 Å². The van der Waals surface area contributed by atoms with Crippen molar-refractivity contribution < 1.29 is 14.3 Å². The summed E-state index contributed by atoms with van der Waals surface area (Å²) in [5.74, 6) is -1.35. The Morgan fingerprint density at radius 2 is 1.77 bits per heavy atom. The zero-order chi connectivity index (χ0) is 21.5. The molecular formula is C23H18ClN3O3. The summed E-state index contributed by atoms with van der Waals surface area (Å²) in [5, 5.41) is 12.7. The van der Waals surface area contributed by atoms with Crippen LogP contribution in [-0.2, 0) is 4.79 Å². The van der Waals surface area contributed by atoms with E-state index >= 15 is 0 Å². The van der Waals surface area contributed by atoms with E-state index in [-0.39, 0.29) is 17.9 Å². The molecule has 0 bridgehead atoms. The van der Waals surface area contributed by atoms with Crippen LogP contribution < -0.4 is 15.8 Å². The number of rotatable bonds is 7. The Bertz CT molecular complexity index is 1110. The Labute approximate surface area is 178 Å². The van der Waals surface area contributed by atoms with Gasteiger partial charge in [-0.2, -0.15) is 5.26 Å². The van der Waals surface area contributed by atoms with Crippen LogP contribution in [0, 0.1) is 11.3 Å². The molecule has 3 rings (SSSR count). The van der Waals surface area contributed by atoms with Crippen LogP contribution >= 0.6 is 11.6 Å². The maximum Gasteiger partial charge on any atom is 0.259 e. The Balaban J connectivity index is 1.81. The standard InChI is InChI=1S/C23H18ClN3O3/c24-20-12-16(10-11-17(20)19(13-25)15-6-2-1-3-7-15)27-23(29)18-8-4-5-9-21(18)30-14-22(26)28/h1-12,19H,14H2,(H2,26,28)(H,27,29). The second-order valence-corrected chi connectivity index (χ2v) is 6.82. The van der Waals surface area contributed by atoms with Gasteiger partial charge in [0.2, 0.25) is 0 Å². The summed E-state index contributed by atoms with van der Waals surface area (Å²) < 4.78 is 5.30. The van der Waals surface area contributed by atoms with Gasteiger partial charge in [0.1, 0.15) is 5.75 Å². The van der Waals surface area contributed by atoms with E-state index in [2.05, 4.69) is 11.4 Å². The number of benzene rings is 3. The fraction of sp³-hybridized carbons (Fsp3) is 0.0870. The van der Waals surface area contributed by atoms with E-state index in [0.29, 0.717) is 16.3 Å². The minimum absolute atomic E-state index is 0.241. The van der Waals surface area contributed by atoms with E-state index in [4.69, 9.17) is 22.1 Å². The monoisotopic (exact) mass is 419 g/mol. The highest BCUT2D eigenvalue weighted by atomic mass is 35.5. The first kappa shape index (κ1) is 20.9. The minimum atomic E-state index is -0.641. The van der Waals surface area contributed by atoms with Gasteiger partial charge in [0.25, 0.3) is 11.8 Å². The number of hydrogen-bond donors (Lipinski definition) is 2. The van der Waals surface area contributed by atoms with Crippen LogP contribution in [0.25, 0.3) is 0 Å². The highest BCUT2D eigenvalue weighted by Crippen LogP contribution is 2.32. The number of nitrogens with one attached hydrogen (secondary N) is 1. The van der Waals surface area contributed by atoms with E-state index in [0.717, 1.165) is 5.56 Å². The third-order valence-electron chi connectivity index (χ3n) is 4.33. The Hall–Kier alpha value is -3.82. The number of ether oxygens (including phenoxy) is 1. The van der Waals surface area contributed by atoms with Gasteiger partial charge in [-0.25, -0.2) is 0 Å². The molecule has 0 heterocycles. The van der Waals surface area contributed by atoms with Crippen LogP contribution in [0.5, 0.6) is 5.75 Å². The average Bonchev–Trinajstić information content (AvgIpc) is 2.75. The Morgan fingerprint density at radius 3 is 2.43 bits per heavy atom. The number of anilines is 1. The van der Waals surface area contributed by atoms with Crippen molar-refractivity contribution in [1.29, 1.82) is 5.26 Å². The van der Waals surface area contributed by atoms with E-state index in [9.17, 15) is 14.9 Å². The lowest BCUT2D eigenvalue weighted by atomic mass is 9.92. The first-order valence-corrected chi connectivity index (χ1v) is 9.43. The molecule has 0 radical (unpaired) electrons. The maximum absolute atomic E-state index is 12.7. The number of carbonyl (C=O) groups excluding carboxylic acids is 2. The molecule has 0 saturated heterocycles. The molecule has 0 aliphatic heterocycles. The molecule has 0 saturated carbocycles. The Morgan fingerprint density at radius 1 is 1.07 bits per heavy atom. The molecule has 0 aliphatic rings. The van der Waals surface area contributed by atoms with E-state index in [1.807, 2.05) is 30.3 Å². The topological polar surface area (TPSA) is 105 Å². The van der Waals surface area contributed by atoms with Crippen LogP contribution in [0.4, 0.5) is 5.69 Å². The third kappa shape index (κ3) is 4.96. The number of primary amides is 1. The van der Waals surface area contributed by atoms with Crippen molar-refractivity contribution in [2.45, 2.75) is 5.92 Å². The van der Waals surface area contributed by atoms with Gasteiger partial charge in [-0.3, -0.25) is 9.59 Å². The molecule has 3 aromatic rings. The van der Waals surface area contributed by atoms with Gasteiger partial charge in [0, 0.05) is 10.7 Å². The third-order valence-corrected chi connectivity index (χ3v) is 4.66. The zero-order valence-corrected chi connectivity index (χ0v) is 16.6. The number of hydrogen-bond acceptors (Lipinski definition) is 4. The lowest BCUT2D eigenvalue weighted by molar-refractivity contribution is -0.119. The van der Waals surface area contributed by atoms with Crippen molar-refractivity contribution >= 4 is 29.1 Å². The molecule has 3 N–H and O–H groups in total. The minimum Gasteiger partial charge on any atom is -0.483 e. The number of nitrogens with zero attached hydrogens (tertiary/aromatic N) is 1. The van der Waals surface area contributed by atoms with Crippen LogP contribution in [-0.4, -0.2) is 18.4 Å². The first-order valence-electron chi connectivity index (χ1n) is 9.05. The van der Waals surface area contributed by atoms with Crippen LogP contribution in [0.1, 0.15) is 27.4 Å². The fourth-order valence-corrected chi connectivity index (χ4v) is 3.23. The molecule has 6 nitrogen and oxygen atoms in total. The van der Waals surface area contributed by atoms with Crippen molar-refractivity contribution in [2.75, 3.05) is 11.9 Å². The van der Waals surface area contributed by atoms with Crippen LogP contribution in [0.2, 0.25) is 5.02 Å². The van der Waals surface area contributed by atoms with E-state index in [1.54, 1.807) is 42.5 Å².